The Morgan fingerprint density at radius 3 is 2.62 bits per heavy atom. The fraction of sp³-hybridized carbons (Fsp3) is 0.389. The number of fused-ring (bicyclic) bond motifs is 1. The molecule has 1 fully saturated rings. The summed E-state index contributed by atoms with van der Waals surface area (Å²) >= 11 is 1.48. The number of sulfonamides is 1. The minimum atomic E-state index is -3.53. The van der Waals surface area contributed by atoms with Gasteiger partial charge >= 0.3 is 0 Å². The van der Waals surface area contributed by atoms with Crippen molar-refractivity contribution in [1.29, 1.82) is 0 Å². The highest BCUT2D eigenvalue weighted by Gasteiger charge is 2.32. The van der Waals surface area contributed by atoms with Gasteiger partial charge in [0.2, 0.25) is 10.0 Å². The van der Waals surface area contributed by atoms with Gasteiger partial charge in [-0.05, 0) is 29.7 Å². The number of aliphatic hydroxyl groups is 1. The molecular formula is C18H20N2O4S2. The number of thioether (sulfide) groups is 1. The maximum Gasteiger partial charge on any atom is 0.244 e. The van der Waals surface area contributed by atoms with Gasteiger partial charge in [0.15, 0.2) is 0 Å². The molecule has 4 rings (SSSR count). The highest BCUT2D eigenvalue weighted by molar-refractivity contribution is 7.99. The Labute approximate surface area is 157 Å². The minimum absolute atomic E-state index is 0.0124. The average molecular weight is 393 g/mol. The molecule has 2 aliphatic rings. The Bertz CT molecular complexity index is 880. The Hall–Kier alpha value is -1.45. The summed E-state index contributed by atoms with van der Waals surface area (Å²) in [5.41, 5.74) is 2.13. The molecule has 2 heterocycles. The van der Waals surface area contributed by atoms with Gasteiger partial charge in [-0.2, -0.15) is 4.31 Å². The summed E-state index contributed by atoms with van der Waals surface area (Å²) in [6.45, 7) is 1.57. The van der Waals surface area contributed by atoms with Crippen molar-refractivity contribution in [2.45, 2.75) is 27.7 Å². The molecule has 2 aromatic rings. The van der Waals surface area contributed by atoms with Crippen LogP contribution in [0.1, 0.15) is 17.2 Å². The number of aromatic nitrogens is 1. The minimum Gasteiger partial charge on any atom is -0.387 e. The van der Waals surface area contributed by atoms with Crippen LogP contribution in [0.5, 0.6) is 0 Å². The molecule has 0 amide bonds. The van der Waals surface area contributed by atoms with E-state index in [1.165, 1.54) is 22.3 Å². The first-order valence-electron chi connectivity index (χ1n) is 8.52. The number of hydrogen-bond donors (Lipinski definition) is 1. The number of pyridine rings is 1. The lowest BCUT2D eigenvalue weighted by Gasteiger charge is -2.25. The van der Waals surface area contributed by atoms with Gasteiger partial charge in [0.05, 0.1) is 24.3 Å². The summed E-state index contributed by atoms with van der Waals surface area (Å²) in [5, 5.41) is 11.2. The van der Waals surface area contributed by atoms with E-state index in [4.69, 9.17) is 4.74 Å². The van der Waals surface area contributed by atoms with Gasteiger partial charge in [-0.3, -0.25) is 0 Å². The molecule has 0 bridgehead atoms. The highest BCUT2D eigenvalue weighted by atomic mass is 32.2. The van der Waals surface area contributed by atoms with E-state index in [2.05, 4.69) is 4.98 Å². The molecule has 1 aromatic carbocycles. The lowest BCUT2D eigenvalue weighted by Crippen LogP contribution is -2.40. The highest BCUT2D eigenvalue weighted by Crippen LogP contribution is 2.40. The summed E-state index contributed by atoms with van der Waals surface area (Å²) in [4.78, 5) is 4.51. The Balaban J connectivity index is 1.47. The zero-order valence-corrected chi connectivity index (χ0v) is 15.7. The van der Waals surface area contributed by atoms with Crippen LogP contribution in [-0.2, 0) is 21.2 Å². The first kappa shape index (κ1) is 17.9. The topological polar surface area (TPSA) is 79.7 Å². The van der Waals surface area contributed by atoms with Gasteiger partial charge in [-0.25, -0.2) is 13.4 Å². The van der Waals surface area contributed by atoms with E-state index in [1.807, 2.05) is 24.3 Å². The molecule has 0 radical (unpaired) electrons. The molecule has 1 saturated heterocycles. The van der Waals surface area contributed by atoms with Gasteiger partial charge in [0.1, 0.15) is 4.90 Å². The maximum absolute atomic E-state index is 12.6. The summed E-state index contributed by atoms with van der Waals surface area (Å²) in [7, 11) is -3.53. The molecular weight excluding hydrogens is 372 g/mol. The predicted molar refractivity (Wildman–Crippen MR) is 98.6 cm³/mol. The van der Waals surface area contributed by atoms with Gasteiger partial charge in [-0.1, -0.05) is 36.0 Å². The van der Waals surface area contributed by atoms with Crippen molar-refractivity contribution in [2.24, 2.45) is 0 Å². The summed E-state index contributed by atoms with van der Waals surface area (Å²) in [5.74, 6) is 0. The largest absolute Gasteiger partial charge is 0.387 e. The summed E-state index contributed by atoms with van der Waals surface area (Å²) in [6, 6.07) is 11.2. The summed E-state index contributed by atoms with van der Waals surface area (Å²) < 4.78 is 31.9. The molecule has 26 heavy (non-hydrogen) atoms. The number of nitrogens with zero attached hydrogens (tertiary/aromatic N) is 2. The zero-order chi connectivity index (χ0) is 18.1. The molecule has 1 aromatic heterocycles. The second-order valence-electron chi connectivity index (χ2n) is 6.35. The molecule has 0 saturated carbocycles. The average Bonchev–Trinajstić information content (AvgIpc) is 2.99. The number of benzene rings is 1. The quantitative estimate of drug-likeness (QED) is 0.856. The van der Waals surface area contributed by atoms with Crippen LogP contribution >= 0.6 is 11.8 Å². The van der Waals surface area contributed by atoms with Gasteiger partial charge in [-0.15, -0.1) is 0 Å². The maximum atomic E-state index is 12.6. The molecule has 0 spiro atoms. The van der Waals surface area contributed by atoms with Crippen molar-refractivity contribution in [3.63, 3.8) is 0 Å². The van der Waals surface area contributed by atoms with Crippen LogP contribution in [0.25, 0.3) is 0 Å². The Morgan fingerprint density at radius 1 is 1.15 bits per heavy atom. The van der Waals surface area contributed by atoms with Crippen molar-refractivity contribution in [3.8, 4) is 0 Å². The number of ether oxygens (including phenoxy) is 1. The molecule has 1 aliphatic heterocycles. The molecule has 8 heteroatoms. The fourth-order valence-electron chi connectivity index (χ4n) is 3.32. The summed E-state index contributed by atoms with van der Waals surface area (Å²) in [6.07, 6.45) is 1.65. The van der Waals surface area contributed by atoms with Crippen LogP contribution in [0.4, 0.5) is 0 Å². The first-order chi connectivity index (χ1) is 12.6. The van der Waals surface area contributed by atoms with Crippen molar-refractivity contribution in [2.75, 3.05) is 26.3 Å². The molecule has 1 aliphatic carbocycles. The van der Waals surface area contributed by atoms with Crippen LogP contribution < -0.4 is 0 Å². The molecule has 2 atom stereocenters. The first-order valence-corrected chi connectivity index (χ1v) is 10.8. The van der Waals surface area contributed by atoms with Crippen molar-refractivity contribution in [1.82, 2.24) is 9.29 Å². The molecule has 138 valence electrons. The number of morpholine rings is 1. The molecule has 2 unspecified atom stereocenters. The second-order valence-corrected chi connectivity index (χ2v) is 9.55. The Kier molecular flexibility index (Phi) is 5.02. The SMILES string of the molecule is O=S(=O)(c1ccc(SC2Cc3ccccc3C2O)nc1)N1CCOCC1. The van der Waals surface area contributed by atoms with E-state index in [0.717, 1.165) is 17.5 Å². The normalized spacial score (nSPS) is 23.7. The van der Waals surface area contributed by atoms with Crippen LogP contribution in [0.15, 0.2) is 52.5 Å². The van der Waals surface area contributed by atoms with Gasteiger partial charge in [0, 0.05) is 24.5 Å². The van der Waals surface area contributed by atoms with Gasteiger partial charge in [0.25, 0.3) is 0 Å². The number of aliphatic hydroxyl groups excluding tert-OH is 1. The zero-order valence-electron chi connectivity index (χ0n) is 14.1. The molecule has 6 nitrogen and oxygen atoms in total. The second kappa shape index (κ2) is 7.28. The van der Waals surface area contributed by atoms with Gasteiger partial charge < -0.3 is 9.84 Å². The van der Waals surface area contributed by atoms with E-state index in [9.17, 15) is 13.5 Å². The fourth-order valence-corrected chi connectivity index (χ4v) is 5.79. The van der Waals surface area contributed by atoms with E-state index < -0.39 is 16.1 Å². The Morgan fingerprint density at radius 2 is 1.92 bits per heavy atom. The van der Waals surface area contributed by atoms with Crippen LogP contribution in [-0.4, -0.2) is 54.4 Å². The number of rotatable bonds is 4. The third kappa shape index (κ3) is 3.39. The smallest absolute Gasteiger partial charge is 0.244 e. The van der Waals surface area contributed by atoms with Crippen LogP contribution in [0.2, 0.25) is 0 Å². The third-order valence-corrected chi connectivity index (χ3v) is 7.83. The monoisotopic (exact) mass is 392 g/mol. The van der Waals surface area contributed by atoms with Crippen LogP contribution in [0.3, 0.4) is 0 Å². The van der Waals surface area contributed by atoms with Crippen molar-refractivity contribution in [3.05, 3.63) is 53.7 Å². The van der Waals surface area contributed by atoms with Crippen LogP contribution in [0, 0.1) is 0 Å². The van der Waals surface area contributed by atoms with E-state index >= 15 is 0 Å². The third-order valence-electron chi connectivity index (χ3n) is 4.74. The van der Waals surface area contributed by atoms with E-state index in [1.54, 1.807) is 12.1 Å². The predicted octanol–water partition coefficient (Wildman–Crippen LogP) is 1.85. The lowest BCUT2D eigenvalue weighted by atomic mass is 10.1. The standard InChI is InChI=1S/C18H20N2O4S2/c21-18-15-4-2-1-3-13(15)11-16(18)25-17-6-5-14(12-19-17)26(22,23)20-7-9-24-10-8-20/h1-6,12,16,18,21H,7-11H2. The van der Waals surface area contributed by atoms with E-state index in [0.29, 0.717) is 31.3 Å². The molecule has 1 N–H and O–H groups in total. The van der Waals surface area contributed by atoms with E-state index in [-0.39, 0.29) is 10.1 Å². The lowest BCUT2D eigenvalue weighted by molar-refractivity contribution is 0.0730. The number of hydrogen-bond acceptors (Lipinski definition) is 6. The van der Waals surface area contributed by atoms with Crippen molar-refractivity contribution < 1.29 is 18.3 Å². The van der Waals surface area contributed by atoms with Crippen molar-refractivity contribution >= 4 is 21.8 Å².